The summed E-state index contributed by atoms with van der Waals surface area (Å²) in [6, 6.07) is 0. The van der Waals surface area contributed by atoms with Crippen molar-refractivity contribution in [2.45, 2.75) is 65.5 Å². The van der Waals surface area contributed by atoms with Gasteiger partial charge in [0.05, 0.1) is 12.7 Å². The lowest BCUT2D eigenvalue weighted by Crippen LogP contribution is -2.46. The third kappa shape index (κ3) is 1.92. The predicted octanol–water partition coefficient (Wildman–Crippen LogP) is 3.56. The molecule has 106 valence electrons. The number of fused-ring (bicyclic) bond motifs is 2. The standard InChI is InChI=1S/C16H31NO/c1-14(2,17(6)7)11-18-13-10-12-8-9-16(13,5)15(12,3)4/h12-13H,8-11H2,1-7H3/t12-,13+,16+/m0/s1. The van der Waals surface area contributed by atoms with E-state index >= 15 is 0 Å². The maximum absolute atomic E-state index is 6.36. The van der Waals surface area contributed by atoms with Crippen molar-refractivity contribution in [1.82, 2.24) is 4.90 Å². The number of hydrogen-bond donors (Lipinski definition) is 0. The normalized spacial score (nSPS) is 38.7. The average molecular weight is 253 g/mol. The lowest BCUT2D eigenvalue weighted by Gasteiger charge is -2.41. The molecule has 0 spiro atoms. The molecule has 2 rings (SSSR count). The molecule has 2 bridgehead atoms. The Bertz CT molecular complexity index is 321. The minimum atomic E-state index is 0.127. The Hall–Kier alpha value is -0.0800. The van der Waals surface area contributed by atoms with Crippen LogP contribution in [0.5, 0.6) is 0 Å². The minimum absolute atomic E-state index is 0.127. The van der Waals surface area contributed by atoms with E-state index in [1.165, 1.54) is 19.3 Å². The maximum Gasteiger partial charge on any atom is 0.0648 e. The van der Waals surface area contributed by atoms with E-state index in [2.05, 4.69) is 53.6 Å². The number of nitrogens with zero attached hydrogens (tertiary/aromatic N) is 1. The van der Waals surface area contributed by atoms with Crippen LogP contribution in [0.3, 0.4) is 0 Å². The third-order valence-corrected chi connectivity index (χ3v) is 6.56. The molecule has 0 saturated heterocycles. The van der Waals surface area contributed by atoms with Gasteiger partial charge in [-0.3, -0.25) is 0 Å². The van der Waals surface area contributed by atoms with Gasteiger partial charge in [-0.1, -0.05) is 20.8 Å². The van der Waals surface area contributed by atoms with E-state index in [4.69, 9.17) is 4.74 Å². The van der Waals surface area contributed by atoms with Crippen molar-refractivity contribution in [1.29, 1.82) is 0 Å². The first kappa shape index (κ1) is 14.3. The Morgan fingerprint density at radius 3 is 2.22 bits per heavy atom. The van der Waals surface area contributed by atoms with Crippen molar-refractivity contribution in [2.75, 3.05) is 20.7 Å². The Labute approximate surface area is 113 Å². The summed E-state index contributed by atoms with van der Waals surface area (Å²) < 4.78 is 6.36. The predicted molar refractivity (Wildman–Crippen MR) is 76.7 cm³/mol. The first-order valence-electron chi connectivity index (χ1n) is 7.40. The fraction of sp³-hybridized carbons (Fsp3) is 1.00. The summed E-state index contributed by atoms with van der Waals surface area (Å²) in [6.07, 6.45) is 4.48. The van der Waals surface area contributed by atoms with Crippen molar-refractivity contribution in [3.8, 4) is 0 Å². The van der Waals surface area contributed by atoms with Crippen molar-refractivity contribution in [2.24, 2.45) is 16.7 Å². The topological polar surface area (TPSA) is 12.5 Å². The molecule has 0 heterocycles. The molecule has 2 aliphatic rings. The minimum Gasteiger partial charge on any atom is -0.376 e. The molecule has 0 N–H and O–H groups in total. The van der Waals surface area contributed by atoms with E-state index in [0.717, 1.165) is 12.5 Å². The van der Waals surface area contributed by atoms with Gasteiger partial charge < -0.3 is 9.64 Å². The number of likely N-dealkylation sites (N-methyl/N-ethyl adjacent to an activating group) is 1. The molecule has 0 radical (unpaired) electrons. The second-order valence-electron chi connectivity index (χ2n) is 8.12. The zero-order valence-corrected chi connectivity index (χ0v) is 13.3. The lowest BCUT2D eigenvalue weighted by molar-refractivity contribution is -0.0771. The molecule has 2 fully saturated rings. The quantitative estimate of drug-likeness (QED) is 0.759. The van der Waals surface area contributed by atoms with Crippen molar-refractivity contribution in [3.05, 3.63) is 0 Å². The number of rotatable bonds is 4. The zero-order valence-electron chi connectivity index (χ0n) is 13.3. The fourth-order valence-electron chi connectivity index (χ4n) is 3.82. The van der Waals surface area contributed by atoms with Crippen molar-refractivity contribution < 1.29 is 4.74 Å². The summed E-state index contributed by atoms with van der Waals surface area (Å²) in [7, 11) is 4.27. The summed E-state index contributed by atoms with van der Waals surface area (Å²) in [5.74, 6) is 0.870. The van der Waals surface area contributed by atoms with Gasteiger partial charge in [0.1, 0.15) is 0 Å². The van der Waals surface area contributed by atoms with E-state index in [9.17, 15) is 0 Å². The van der Waals surface area contributed by atoms with E-state index in [0.29, 0.717) is 16.9 Å². The van der Waals surface area contributed by atoms with Crippen molar-refractivity contribution >= 4 is 0 Å². The summed E-state index contributed by atoms with van der Waals surface area (Å²) in [5, 5.41) is 0. The van der Waals surface area contributed by atoms with Crippen LogP contribution in [0.25, 0.3) is 0 Å². The molecule has 2 aliphatic carbocycles. The van der Waals surface area contributed by atoms with Gasteiger partial charge in [0.15, 0.2) is 0 Å². The monoisotopic (exact) mass is 253 g/mol. The van der Waals surface area contributed by atoms with Crippen LogP contribution in [-0.4, -0.2) is 37.2 Å². The molecule has 3 atom stereocenters. The van der Waals surface area contributed by atoms with Crippen LogP contribution in [0.2, 0.25) is 0 Å². The highest BCUT2D eigenvalue weighted by Gasteiger charge is 2.61. The average Bonchev–Trinajstić information content (AvgIpc) is 2.58. The SMILES string of the molecule is CN(C)C(C)(C)CO[C@@H]1C[C@@H]2CC[C@@]1(C)C2(C)C. The van der Waals surface area contributed by atoms with Crippen molar-refractivity contribution in [3.63, 3.8) is 0 Å². The lowest BCUT2D eigenvalue weighted by atomic mass is 9.70. The van der Waals surface area contributed by atoms with Gasteiger partial charge in [-0.05, 0) is 64.0 Å². The third-order valence-electron chi connectivity index (χ3n) is 6.56. The van der Waals surface area contributed by atoms with E-state index in [1.807, 2.05) is 0 Å². The van der Waals surface area contributed by atoms with Crippen LogP contribution in [0.1, 0.15) is 53.9 Å². The van der Waals surface area contributed by atoms with Gasteiger partial charge in [0, 0.05) is 5.54 Å². The van der Waals surface area contributed by atoms with Crippen LogP contribution in [-0.2, 0) is 4.74 Å². The molecule has 0 aliphatic heterocycles. The second-order valence-corrected chi connectivity index (χ2v) is 8.12. The Morgan fingerprint density at radius 2 is 1.83 bits per heavy atom. The maximum atomic E-state index is 6.36. The van der Waals surface area contributed by atoms with Crippen LogP contribution >= 0.6 is 0 Å². The van der Waals surface area contributed by atoms with Crippen LogP contribution in [0, 0.1) is 16.7 Å². The second kappa shape index (κ2) is 4.21. The highest BCUT2D eigenvalue weighted by atomic mass is 16.5. The van der Waals surface area contributed by atoms with Gasteiger partial charge in [-0.25, -0.2) is 0 Å². The van der Waals surface area contributed by atoms with E-state index < -0.39 is 0 Å². The van der Waals surface area contributed by atoms with Gasteiger partial charge >= 0.3 is 0 Å². The highest BCUT2D eigenvalue weighted by Crippen LogP contribution is 2.66. The van der Waals surface area contributed by atoms with Gasteiger partial charge in [-0.2, -0.15) is 0 Å². The number of hydrogen-bond acceptors (Lipinski definition) is 2. The Balaban J connectivity index is 2.01. The molecule has 2 heteroatoms. The van der Waals surface area contributed by atoms with Crippen LogP contribution in [0.15, 0.2) is 0 Å². The Morgan fingerprint density at radius 1 is 1.22 bits per heavy atom. The molecule has 18 heavy (non-hydrogen) atoms. The first-order valence-corrected chi connectivity index (χ1v) is 7.40. The van der Waals surface area contributed by atoms with Gasteiger partial charge in [0.2, 0.25) is 0 Å². The summed E-state index contributed by atoms with van der Waals surface area (Å²) >= 11 is 0. The molecular formula is C16H31NO. The van der Waals surface area contributed by atoms with E-state index in [-0.39, 0.29) is 5.54 Å². The smallest absolute Gasteiger partial charge is 0.0648 e. The molecule has 2 saturated carbocycles. The first-order chi connectivity index (χ1) is 8.11. The zero-order chi connectivity index (χ0) is 13.8. The van der Waals surface area contributed by atoms with Crippen LogP contribution in [0.4, 0.5) is 0 Å². The number of ether oxygens (including phenoxy) is 1. The molecule has 0 aromatic carbocycles. The highest BCUT2D eigenvalue weighted by molar-refractivity contribution is 5.11. The van der Waals surface area contributed by atoms with E-state index in [1.54, 1.807) is 0 Å². The molecule has 0 unspecified atom stereocenters. The molecular weight excluding hydrogens is 222 g/mol. The molecule has 0 aromatic rings. The molecule has 0 amide bonds. The summed E-state index contributed by atoms with van der Waals surface area (Å²) in [5.41, 5.74) is 0.975. The van der Waals surface area contributed by atoms with Gasteiger partial charge in [-0.15, -0.1) is 0 Å². The summed E-state index contributed by atoms with van der Waals surface area (Å²) in [6.45, 7) is 12.7. The summed E-state index contributed by atoms with van der Waals surface area (Å²) in [4.78, 5) is 2.26. The fourth-order valence-corrected chi connectivity index (χ4v) is 3.82. The van der Waals surface area contributed by atoms with Crippen LogP contribution < -0.4 is 0 Å². The van der Waals surface area contributed by atoms with Gasteiger partial charge in [0.25, 0.3) is 0 Å². The Kier molecular flexibility index (Phi) is 3.35. The molecule has 0 aromatic heterocycles. The molecule has 2 nitrogen and oxygen atoms in total. The largest absolute Gasteiger partial charge is 0.376 e.